The average Bonchev–Trinajstić information content (AvgIpc) is 2.72. The van der Waals surface area contributed by atoms with E-state index in [9.17, 15) is 14.0 Å². The number of rotatable bonds is 6. The fourth-order valence-electron chi connectivity index (χ4n) is 3.04. The number of thioether (sulfide) groups is 1. The van der Waals surface area contributed by atoms with E-state index in [2.05, 4.69) is 10.3 Å². The zero-order valence-electron chi connectivity index (χ0n) is 16.9. The smallest absolute Gasteiger partial charge is 0.251 e. The molecule has 0 bridgehead atoms. The van der Waals surface area contributed by atoms with Gasteiger partial charge in [-0.05, 0) is 61.7 Å². The van der Waals surface area contributed by atoms with Crippen molar-refractivity contribution in [3.63, 3.8) is 0 Å². The molecule has 0 aliphatic carbocycles. The molecule has 154 valence electrons. The number of benzene rings is 2. The van der Waals surface area contributed by atoms with Crippen LogP contribution in [0, 0.1) is 26.6 Å². The molecule has 1 aromatic heterocycles. The summed E-state index contributed by atoms with van der Waals surface area (Å²) in [6.45, 7) is 5.56. The van der Waals surface area contributed by atoms with Gasteiger partial charge in [0.05, 0.1) is 5.56 Å². The van der Waals surface area contributed by atoms with Crippen LogP contribution >= 0.6 is 11.8 Å². The number of nitrogens with one attached hydrogen (secondary N) is 1. The Morgan fingerprint density at radius 2 is 1.63 bits per heavy atom. The van der Waals surface area contributed by atoms with Crippen molar-refractivity contribution in [2.45, 2.75) is 31.0 Å². The third-order valence-corrected chi connectivity index (χ3v) is 6.13. The molecule has 0 radical (unpaired) electrons. The number of carbonyl (C=O) groups excluding carboxylic acids is 2. The van der Waals surface area contributed by atoms with Gasteiger partial charge in [-0.15, -0.1) is 0 Å². The van der Waals surface area contributed by atoms with Crippen molar-refractivity contribution in [3.05, 3.63) is 88.4 Å². The van der Waals surface area contributed by atoms with Crippen LogP contribution in [0.3, 0.4) is 0 Å². The molecule has 0 aliphatic rings. The van der Waals surface area contributed by atoms with Crippen LogP contribution in [0.15, 0.2) is 59.6 Å². The predicted molar refractivity (Wildman–Crippen MR) is 117 cm³/mol. The molecule has 2 aromatic carbocycles. The molecule has 1 heterocycles. The van der Waals surface area contributed by atoms with E-state index >= 15 is 0 Å². The van der Waals surface area contributed by atoms with E-state index in [4.69, 9.17) is 5.73 Å². The summed E-state index contributed by atoms with van der Waals surface area (Å²) in [5.41, 5.74) is 9.58. The van der Waals surface area contributed by atoms with E-state index in [-0.39, 0.29) is 11.7 Å². The molecule has 0 spiro atoms. The highest BCUT2D eigenvalue weighted by Gasteiger charge is 2.27. The minimum atomic E-state index is -0.691. The van der Waals surface area contributed by atoms with Crippen LogP contribution in [0.25, 0.3) is 0 Å². The van der Waals surface area contributed by atoms with Crippen molar-refractivity contribution in [2.75, 3.05) is 5.32 Å². The summed E-state index contributed by atoms with van der Waals surface area (Å²) < 4.78 is 13.2. The monoisotopic (exact) mass is 423 g/mol. The van der Waals surface area contributed by atoms with Crippen LogP contribution in [0.5, 0.6) is 0 Å². The lowest BCUT2D eigenvalue weighted by atomic mass is 10.0. The first-order valence-electron chi connectivity index (χ1n) is 9.33. The van der Waals surface area contributed by atoms with Crippen LogP contribution in [-0.2, 0) is 4.79 Å². The van der Waals surface area contributed by atoms with Gasteiger partial charge in [-0.1, -0.05) is 42.1 Å². The second-order valence-corrected chi connectivity index (χ2v) is 7.99. The van der Waals surface area contributed by atoms with Gasteiger partial charge in [0.25, 0.3) is 5.91 Å². The Balaban J connectivity index is 2.01. The molecule has 0 saturated heterocycles. The summed E-state index contributed by atoms with van der Waals surface area (Å²) in [5.74, 6) is -1.29. The third-order valence-electron chi connectivity index (χ3n) is 4.89. The first kappa shape index (κ1) is 21.5. The van der Waals surface area contributed by atoms with Crippen LogP contribution in [-0.4, -0.2) is 16.8 Å². The number of primary amides is 1. The number of halogens is 1. The molecule has 0 saturated carbocycles. The number of aryl methyl sites for hydroxylation is 1. The van der Waals surface area contributed by atoms with E-state index < -0.39 is 11.2 Å². The minimum absolute atomic E-state index is 0.314. The molecule has 3 N–H and O–H groups in total. The normalized spacial score (nSPS) is 11.7. The molecule has 7 heteroatoms. The first-order chi connectivity index (χ1) is 14.3. The van der Waals surface area contributed by atoms with Gasteiger partial charge in [0.1, 0.15) is 16.1 Å². The molecule has 0 unspecified atom stereocenters. The number of aromatic nitrogens is 1. The predicted octanol–water partition coefficient (Wildman–Crippen LogP) is 4.72. The zero-order chi connectivity index (χ0) is 21.8. The Labute approximate surface area is 178 Å². The fourth-order valence-corrected chi connectivity index (χ4v) is 4.28. The van der Waals surface area contributed by atoms with Crippen LogP contribution in [0.1, 0.15) is 38.0 Å². The Morgan fingerprint density at radius 3 is 2.23 bits per heavy atom. The minimum Gasteiger partial charge on any atom is -0.366 e. The van der Waals surface area contributed by atoms with Gasteiger partial charge in [-0.2, -0.15) is 0 Å². The zero-order valence-corrected chi connectivity index (χ0v) is 17.7. The summed E-state index contributed by atoms with van der Waals surface area (Å²) in [7, 11) is 0. The summed E-state index contributed by atoms with van der Waals surface area (Å²) in [5, 5.41) is 2.52. The molecule has 0 aliphatic heterocycles. The maximum absolute atomic E-state index is 13.2. The molecule has 30 heavy (non-hydrogen) atoms. The van der Waals surface area contributed by atoms with Crippen LogP contribution in [0.2, 0.25) is 0 Å². The maximum Gasteiger partial charge on any atom is 0.251 e. The topological polar surface area (TPSA) is 85.1 Å². The van der Waals surface area contributed by atoms with E-state index in [0.717, 1.165) is 22.4 Å². The molecule has 1 atom stereocenters. The lowest BCUT2D eigenvalue weighted by Crippen LogP contribution is -2.21. The largest absolute Gasteiger partial charge is 0.366 e. The Bertz CT molecular complexity index is 1090. The number of hydrogen-bond acceptors (Lipinski definition) is 4. The van der Waals surface area contributed by atoms with Gasteiger partial charge >= 0.3 is 0 Å². The van der Waals surface area contributed by atoms with E-state index in [0.29, 0.717) is 16.3 Å². The molecule has 3 rings (SSSR count). The number of carbonyl (C=O) groups is 2. The highest BCUT2D eigenvalue weighted by Crippen LogP contribution is 2.38. The van der Waals surface area contributed by atoms with Gasteiger partial charge in [0.2, 0.25) is 5.91 Å². The number of hydrogen-bond donors (Lipinski definition) is 2. The van der Waals surface area contributed by atoms with Gasteiger partial charge in [0.15, 0.2) is 0 Å². The van der Waals surface area contributed by atoms with E-state index in [1.807, 2.05) is 51.1 Å². The van der Waals surface area contributed by atoms with Gasteiger partial charge in [-0.3, -0.25) is 9.59 Å². The summed E-state index contributed by atoms with van der Waals surface area (Å²) >= 11 is 1.17. The van der Waals surface area contributed by atoms with Gasteiger partial charge in [-0.25, -0.2) is 9.37 Å². The highest BCUT2D eigenvalue weighted by molar-refractivity contribution is 8.00. The van der Waals surface area contributed by atoms with Crippen molar-refractivity contribution in [2.24, 2.45) is 5.73 Å². The second kappa shape index (κ2) is 9.09. The Kier molecular flexibility index (Phi) is 6.52. The average molecular weight is 424 g/mol. The maximum atomic E-state index is 13.2. The lowest BCUT2D eigenvalue weighted by Gasteiger charge is -2.20. The van der Waals surface area contributed by atoms with Crippen molar-refractivity contribution < 1.29 is 14.0 Å². The third kappa shape index (κ3) is 4.68. The number of nitrogens with two attached hydrogens (primary N) is 1. The summed E-state index contributed by atoms with van der Waals surface area (Å²) in [6.07, 6.45) is 0. The standard InChI is InChI=1S/C23H22FN3O2S/c1-13-14(2)19(21(25)28)23(26-15(13)3)30-20(16-7-5-4-6-8-16)22(29)27-18-11-9-17(24)10-12-18/h4-12,20H,1-3H3,(H2,25,28)(H,27,29)/t20-/m1/s1. The summed E-state index contributed by atoms with van der Waals surface area (Å²) in [4.78, 5) is 29.9. The van der Waals surface area contributed by atoms with Crippen LogP contribution in [0.4, 0.5) is 10.1 Å². The summed E-state index contributed by atoms with van der Waals surface area (Å²) in [6, 6.07) is 14.7. The van der Waals surface area contributed by atoms with E-state index in [1.165, 1.54) is 36.0 Å². The van der Waals surface area contributed by atoms with Crippen molar-refractivity contribution >= 4 is 29.3 Å². The molecule has 2 amide bonds. The Hall–Kier alpha value is -3.19. The molecule has 3 aromatic rings. The lowest BCUT2D eigenvalue weighted by molar-refractivity contribution is -0.115. The molecular weight excluding hydrogens is 401 g/mol. The fraction of sp³-hybridized carbons (Fsp3) is 0.174. The number of anilines is 1. The van der Waals surface area contributed by atoms with Gasteiger partial charge in [0, 0.05) is 11.4 Å². The number of nitrogens with zero attached hydrogens (tertiary/aromatic N) is 1. The molecule has 5 nitrogen and oxygen atoms in total. The second-order valence-electron chi connectivity index (χ2n) is 6.90. The first-order valence-corrected chi connectivity index (χ1v) is 10.2. The Morgan fingerprint density at radius 1 is 1.00 bits per heavy atom. The number of pyridine rings is 1. The number of amides is 2. The van der Waals surface area contributed by atoms with Crippen LogP contribution < -0.4 is 11.1 Å². The van der Waals surface area contributed by atoms with Gasteiger partial charge < -0.3 is 11.1 Å². The van der Waals surface area contributed by atoms with Crippen molar-refractivity contribution in [3.8, 4) is 0 Å². The van der Waals surface area contributed by atoms with Crippen molar-refractivity contribution in [1.29, 1.82) is 0 Å². The molecule has 0 fully saturated rings. The SMILES string of the molecule is Cc1nc(S[C@@H](C(=O)Nc2ccc(F)cc2)c2ccccc2)c(C(N)=O)c(C)c1C. The highest BCUT2D eigenvalue weighted by atomic mass is 32.2. The quantitative estimate of drug-likeness (QED) is 0.562. The van der Waals surface area contributed by atoms with E-state index in [1.54, 1.807) is 0 Å². The molecular formula is C23H22FN3O2S. The van der Waals surface area contributed by atoms with Crippen molar-refractivity contribution in [1.82, 2.24) is 4.98 Å².